The minimum atomic E-state index is -0.789. The first-order chi connectivity index (χ1) is 19.5. The van der Waals surface area contributed by atoms with E-state index in [-0.39, 0.29) is 12.3 Å². The molecule has 8 heteroatoms. The summed E-state index contributed by atoms with van der Waals surface area (Å²) in [4.78, 5) is 35.3. The maximum atomic E-state index is 13.5. The normalized spacial score (nSPS) is 15.4. The fourth-order valence-electron chi connectivity index (χ4n) is 4.47. The molecule has 3 aromatic rings. The molecule has 3 aromatic carbocycles. The molecule has 2 aliphatic heterocycles. The van der Waals surface area contributed by atoms with Crippen molar-refractivity contribution in [1.82, 2.24) is 4.90 Å². The van der Waals surface area contributed by atoms with Crippen molar-refractivity contribution in [3.05, 3.63) is 112 Å². The van der Waals surface area contributed by atoms with Crippen LogP contribution in [0.25, 0.3) is 11.8 Å². The van der Waals surface area contributed by atoms with Gasteiger partial charge in [0, 0.05) is 24.6 Å². The van der Waals surface area contributed by atoms with Gasteiger partial charge >= 0.3 is 5.97 Å². The third-order valence-electron chi connectivity index (χ3n) is 6.49. The number of halogens is 1. The third kappa shape index (κ3) is 6.55. The van der Waals surface area contributed by atoms with Crippen LogP contribution in [-0.4, -0.2) is 40.0 Å². The zero-order valence-electron chi connectivity index (χ0n) is 21.8. The number of carboxylic acid groups (broad SMARTS) is 1. The number of rotatable bonds is 11. The monoisotopic (exact) mass is 553 g/mol. The summed E-state index contributed by atoms with van der Waals surface area (Å²) in [5.41, 5.74) is 4.43. The Morgan fingerprint density at radius 2 is 1.70 bits per heavy atom. The summed E-state index contributed by atoms with van der Waals surface area (Å²) in [5.74, 6) is 0.0367. The zero-order chi connectivity index (χ0) is 27.9. The van der Waals surface area contributed by atoms with Gasteiger partial charge in [0.2, 0.25) is 0 Å². The SMILES string of the molecule is O=C(O)CCCCCOc1ccc(C=C2N=C3C(Cc4ccccc4)=NC(c4ccccc4)=CN3C2=O)cc1Cl. The molecular weight excluding hydrogens is 526 g/mol. The lowest BCUT2D eigenvalue weighted by Crippen LogP contribution is -2.36. The molecule has 0 saturated heterocycles. The van der Waals surface area contributed by atoms with E-state index in [0.717, 1.165) is 35.2 Å². The van der Waals surface area contributed by atoms with Gasteiger partial charge in [0.05, 0.1) is 23.0 Å². The number of amides is 1. The third-order valence-corrected chi connectivity index (χ3v) is 6.79. The summed E-state index contributed by atoms with van der Waals surface area (Å²) in [6.45, 7) is 0.445. The Morgan fingerprint density at radius 3 is 2.42 bits per heavy atom. The molecule has 0 aromatic heterocycles. The van der Waals surface area contributed by atoms with Gasteiger partial charge in [0.1, 0.15) is 11.4 Å². The van der Waals surface area contributed by atoms with Gasteiger partial charge in [-0.25, -0.2) is 9.98 Å². The van der Waals surface area contributed by atoms with E-state index in [1.54, 1.807) is 29.3 Å². The molecule has 0 atom stereocenters. The number of unbranched alkanes of at least 4 members (excludes halogenated alkanes) is 2. The van der Waals surface area contributed by atoms with E-state index in [2.05, 4.69) is 0 Å². The van der Waals surface area contributed by atoms with Crippen molar-refractivity contribution in [2.24, 2.45) is 9.98 Å². The van der Waals surface area contributed by atoms with Crippen LogP contribution in [0.3, 0.4) is 0 Å². The van der Waals surface area contributed by atoms with E-state index in [4.69, 9.17) is 31.4 Å². The summed E-state index contributed by atoms with van der Waals surface area (Å²) in [7, 11) is 0. The molecule has 1 N–H and O–H groups in total. The zero-order valence-corrected chi connectivity index (χ0v) is 22.6. The Labute approximate surface area is 237 Å². The molecule has 0 fully saturated rings. The van der Waals surface area contributed by atoms with E-state index < -0.39 is 5.97 Å². The van der Waals surface area contributed by atoms with Gasteiger partial charge in [-0.3, -0.25) is 14.5 Å². The molecule has 202 valence electrons. The number of ether oxygens (including phenoxy) is 1. The van der Waals surface area contributed by atoms with Crippen molar-refractivity contribution < 1.29 is 19.4 Å². The van der Waals surface area contributed by atoms with Crippen molar-refractivity contribution in [2.75, 3.05) is 6.61 Å². The van der Waals surface area contributed by atoms with Crippen LogP contribution in [0, 0.1) is 0 Å². The number of hydrogen-bond donors (Lipinski definition) is 1. The maximum Gasteiger partial charge on any atom is 0.303 e. The number of carboxylic acids is 1. The molecule has 2 aliphatic rings. The molecule has 0 saturated carbocycles. The molecule has 0 bridgehead atoms. The molecule has 2 heterocycles. The van der Waals surface area contributed by atoms with Gasteiger partial charge in [-0.15, -0.1) is 0 Å². The van der Waals surface area contributed by atoms with Crippen LogP contribution < -0.4 is 4.74 Å². The number of hydrogen-bond acceptors (Lipinski definition) is 5. The van der Waals surface area contributed by atoms with Crippen LogP contribution in [0.2, 0.25) is 5.02 Å². The van der Waals surface area contributed by atoms with Crippen LogP contribution in [0.5, 0.6) is 5.75 Å². The lowest BCUT2D eigenvalue weighted by Gasteiger charge is -2.21. The molecule has 0 radical (unpaired) electrons. The smallest absolute Gasteiger partial charge is 0.303 e. The van der Waals surface area contributed by atoms with Gasteiger partial charge in [-0.2, -0.15) is 0 Å². The number of carbonyl (C=O) groups is 2. The quantitative estimate of drug-likeness (QED) is 0.213. The number of fused-ring (bicyclic) bond motifs is 1. The maximum absolute atomic E-state index is 13.5. The second-order valence-electron chi connectivity index (χ2n) is 9.48. The molecule has 0 unspecified atom stereocenters. The highest BCUT2D eigenvalue weighted by atomic mass is 35.5. The number of carbonyl (C=O) groups excluding carboxylic acids is 1. The molecule has 0 spiro atoms. The summed E-state index contributed by atoms with van der Waals surface area (Å²) in [6, 6.07) is 25.1. The second-order valence-corrected chi connectivity index (χ2v) is 9.89. The van der Waals surface area contributed by atoms with Gasteiger partial charge < -0.3 is 9.84 Å². The van der Waals surface area contributed by atoms with Crippen molar-refractivity contribution in [3.8, 4) is 5.75 Å². The number of nitrogens with zero attached hydrogens (tertiary/aromatic N) is 3. The van der Waals surface area contributed by atoms with Crippen LogP contribution in [0.4, 0.5) is 0 Å². The van der Waals surface area contributed by atoms with Crippen LogP contribution in [0.1, 0.15) is 42.4 Å². The Morgan fingerprint density at radius 1 is 0.950 bits per heavy atom. The number of amidine groups is 1. The molecule has 40 heavy (non-hydrogen) atoms. The minimum absolute atomic E-state index is 0.160. The van der Waals surface area contributed by atoms with Gasteiger partial charge in [0.15, 0.2) is 5.84 Å². The van der Waals surface area contributed by atoms with Crippen LogP contribution in [0.15, 0.2) is 101 Å². The first kappa shape index (κ1) is 27.1. The largest absolute Gasteiger partial charge is 0.492 e. The Balaban J connectivity index is 1.35. The average molecular weight is 554 g/mol. The fourth-order valence-corrected chi connectivity index (χ4v) is 4.72. The highest BCUT2D eigenvalue weighted by molar-refractivity contribution is 6.48. The molecule has 7 nitrogen and oxygen atoms in total. The van der Waals surface area contributed by atoms with Crippen molar-refractivity contribution in [2.45, 2.75) is 32.1 Å². The summed E-state index contributed by atoms with van der Waals surface area (Å²) in [5, 5.41) is 9.15. The summed E-state index contributed by atoms with van der Waals surface area (Å²) in [6.07, 6.45) is 6.28. The lowest BCUT2D eigenvalue weighted by molar-refractivity contribution is -0.137. The average Bonchev–Trinajstić information content (AvgIpc) is 3.27. The lowest BCUT2D eigenvalue weighted by atomic mass is 10.1. The van der Waals surface area contributed by atoms with E-state index in [9.17, 15) is 9.59 Å². The highest BCUT2D eigenvalue weighted by Crippen LogP contribution is 2.31. The van der Waals surface area contributed by atoms with E-state index in [1.165, 1.54) is 0 Å². The fraction of sp³-hybridized carbons (Fsp3) is 0.188. The van der Waals surface area contributed by atoms with Crippen LogP contribution >= 0.6 is 11.6 Å². The van der Waals surface area contributed by atoms with Gasteiger partial charge in [0.25, 0.3) is 5.91 Å². The first-order valence-electron chi connectivity index (χ1n) is 13.1. The molecular formula is C32H28ClN3O4. The summed E-state index contributed by atoms with van der Waals surface area (Å²) < 4.78 is 5.77. The van der Waals surface area contributed by atoms with E-state index in [1.807, 2.05) is 66.7 Å². The first-order valence-corrected chi connectivity index (χ1v) is 13.5. The highest BCUT2D eigenvalue weighted by Gasteiger charge is 2.35. The van der Waals surface area contributed by atoms with Crippen molar-refractivity contribution in [1.29, 1.82) is 0 Å². The van der Waals surface area contributed by atoms with E-state index in [0.29, 0.717) is 47.5 Å². The molecule has 1 amide bonds. The number of aliphatic carboxylic acids is 1. The standard InChI is InChI=1S/C32H28ClN3O4/c33-25-18-23(15-16-29(25)40-17-9-3-8-14-30(37)38)20-27-32(39)36-21-28(24-12-6-2-7-13-24)34-26(31(36)35-27)19-22-10-4-1-5-11-22/h1-2,4-7,10-13,15-16,18,20-21H,3,8-9,14,17,19H2,(H,37,38). The van der Waals surface area contributed by atoms with Crippen molar-refractivity contribution >= 4 is 46.8 Å². The topological polar surface area (TPSA) is 91.6 Å². The Hall–Kier alpha value is -4.49. The Kier molecular flexibility index (Phi) is 8.52. The van der Waals surface area contributed by atoms with Crippen LogP contribution in [-0.2, 0) is 16.0 Å². The Bertz CT molecular complexity index is 1530. The minimum Gasteiger partial charge on any atom is -0.492 e. The van der Waals surface area contributed by atoms with E-state index >= 15 is 0 Å². The predicted molar refractivity (Wildman–Crippen MR) is 157 cm³/mol. The second kappa shape index (κ2) is 12.6. The van der Waals surface area contributed by atoms with Gasteiger partial charge in [-0.1, -0.05) is 78.3 Å². The predicted octanol–water partition coefficient (Wildman–Crippen LogP) is 6.64. The number of benzene rings is 3. The van der Waals surface area contributed by atoms with Gasteiger partial charge in [-0.05, 0) is 48.6 Å². The molecule has 0 aliphatic carbocycles. The number of aliphatic imine (C=N–C) groups is 2. The summed E-state index contributed by atoms with van der Waals surface area (Å²) >= 11 is 6.46. The molecule has 5 rings (SSSR count). The van der Waals surface area contributed by atoms with Crippen molar-refractivity contribution in [3.63, 3.8) is 0 Å².